The lowest BCUT2D eigenvalue weighted by Gasteiger charge is -2.47. The van der Waals surface area contributed by atoms with Crippen LogP contribution in [0.25, 0.3) is 0 Å². The second kappa shape index (κ2) is 5.71. The van der Waals surface area contributed by atoms with E-state index in [9.17, 15) is 0 Å². The van der Waals surface area contributed by atoms with E-state index in [2.05, 4.69) is 39.5 Å². The van der Waals surface area contributed by atoms with Crippen LogP contribution in [0.1, 0.15) is 47.5 Å². The molecule has 2 heteroatoms. The van der Waals surface area contributed by atoms with Crippen LogP contribution in [0.3, 0.4) is 0 Å². The van der Waals surface area contributed by atoms with Crippen molar-refractivity contribution in [3.05, 3.63) is 0 Å². The molecule has 17 heavy (non-hydrogen) atoms. The largest absolute Gasteiger partial charge is 0.384 e. The molecule has 0 radical (unpaired) electrons. The third-order valence-electron chi connectivity index (χ3n) is 4.65. The van der Waals surface area contributed by atoms with Crippen LogP contribution >= 0.6 is 0 Å². The van der Waals surface area contributed by atoms with Crippen molar-refractivity contribution in [2.75, 3.05) is 33.4 Å². The zero-order valence-corrected chi connectivity index (χ0v) is 12.7. The van der Waals surface area contributed by atoms with Crippen molar-refractivity contribution >= 4 is 0 Å². The lowest BCUT2D eigenvalue weighted by Crippen LogP contribution is -2.50. The van der Waals surface area contributed by atoms with E-state index in [-0.39, 0.29) is 0 Å². The van der Waals surface area contributed by atoms with Crippen LogP contribution in [-0.4, -0.2) is 38.3 Å². The van der Waals surface area contributed by atoms with Gasteiger partial charge < -0.3 is 9.64 Å². The Morgan fingerprint density at radius 2 is 1.65 bits per heavy atom. The van der Waals surface area contributed by atoms with Crippen molar-refractivity contribution in [1.82, 2.24) is 4.90 Å². The molecule has 1 unspecified atom stereocenters. The summed E-state index contributed by atoms with van der Waals surface area (Å²) < 4.78 is 5.60. The summed E-state index contributed by atoms with van der Waals surface area (Å²) in [5.41, 5.74) is 0.639. The average molecular weight is 241 g/mol. The maximum absolute atomic E-state index is 5.60. The Balaban J connectivity index is 2.89. The molecule has 1 aliphatic rings. The lowest BCUT2D eigenvalue weighted by atomic mass is 9.63. The first kappa shape index (κ1) is 15.0. The molecule has 0 aromatic heterocycles. The summed E-state index contributed by atoms with van der Waals surface area (Å²) in [5.74, 6) is 0.864. The van der Waals surface area contributed by atoms with Crippen molar-refractivity contribution in [2.45, 2.75) is 47.5 Å². The third kappa shape index (κ3) is 3.23. The van der Waals surface area contributed by atoms with E-state index >= 15 is 0 Å². The molecule has 0 saturated heterocycles. The Labute approximate surface area is 108 Å². The van der Waals surface area contributed by atoms with Gasteiger partial charge >= 0.3 is 0 Å². The van der Waals surface area contributed by atoms with Crippen LogP contribution in [0.4, 0.5) is 0 Å². The summed E-state index contributed by atoms with van der Waals surface area (Å²) in [6, 6.07) is 0. The molecule has 2 nitrogen and oxygen atoms in total. The Hall–Kier alpha value is -0.0800. The van der Waals surface area contributed by atoms with Crippen LogP contribution in [0.15, 0.2) is 0 Å². The topological polar surface area (TPSA) is 12.5 Å². The molecule has 0 aromatic rings. The minimum Gasteiger partial charge on any atom is -0.384 e. The average Bonchev–Trinajstić information content (AvgIpc) is 3.06. The Morgan fingerprint density at radius 3 is 1.94 bits per heavy atom. The molecule has 1 atom stereocenters. The first-order valence-electron chi connectivity index (χ1n) is 7.12. The predicted molar refractivity (Wildman–Crippen MR) is 74.3 cm³/mol. The third-order valence-corrected chi connectivity index (χ3v) is 4.65. The number of ether oxygens (including phenoxy) is 1. The number of rotatable bonds is 7. The van der Waals surface area contributed by atoms with Crippen molar-refractivity contribution < 1.29 is 4.74 Å². The smallest absolute Gasteiger partial charge is 0.0538 e. The monoisotopic (exact) mass is 241 g/mol. The van der Waals surface area contributed by atoms with Gasteiger partial charge in [0.2, 0.25) is 0 Å². The van der Waals surface area contributed by atoms with E-state index < -0.39 is 0 Å². The lowest BCUT2D eigenvalue weighted by molar-refractivity contribution is -0.0484. The van der Waals surface area contributed by atoms with E-state index in [1.165, 1.54) is 19.4 Å². The van der Waals surface area contributed by atoms with Crippen LogP contribution in [0.2, 0.25) is 0 Å². The SMILES string of the molecule is CCN(CC)CC(COC)(C1CC1)C(C)(C)C. The van der Waals surface area contributed by atoms with Gasteiger partial charge in [-0.05, 0) is 37.3 Å². The predicted octanol–water partition coefficient (Wildman–Crippen LogP) is 3.42. The van der Waals surface area contributed by atoms with Gasteiger partial charge in [0.05, 0.1) is 6.61 Å². The zero-order valence-electron chi connectivity index (χ0n) is 12.7. The normalized spacial score (nSPS) is 20.6. The molecule has 1 saturated carbocycles. The molecule has 0 N–H and O–H groups in total. The zero-order chi connectivity index (χ0) is 13.1. The van der Waals surface area contributed by atoms with Crippen LogP contribution in [0, 0.1) is 16.7 Å². The maximum atomic E-state index is 5.60. The van der Waals surface area contributed by atoms with Gasteiger partial charge in [-0.2, -0.15) is 0 Å². The molecule has 0 aliphatic heterocycles. The molecule has 0 amide bonds. The molecule has 0 heterocycles. The van der Waals surface area contributed by atoms with Crippen molar-refractivity contribution in [2.24, 2.45) is 16.7 Å². The number of methoxy groups -OCH3 is 1. The van der Waals surface area contributed by atoms with E-state index in [4.69, 9.17) is 4.74 Å². The molecular weight excluding hydrogens is 210 g/mol. The molecule has 1 fully saturated rings. The summed E-state index contributed by atoms with van der Waals surface area (Å²) in [6.07, 6.45) is 2.78. The molecule has 0 aromatic carbocycles. The summed E-state index contributed by atoms with van der Waals surface area (Å²) >= 11 is 0. The van der Waals surface area contributed by atoms with Crippen LogP contribution < -0.4 is 0 Å². The first-order chi connectivity index (χ1) is 7.91. The van der Waals surface area contributed by atoms with Gasteiger partial charge in [0.25, 0.3) is 0 Å². The number of nitrogens with zero attached hydrogens (tertiary/aromatic N) is 1. The fourth-order valence-corrected chi connectivity index (χ4v) is 3.10. The minimum atomic E-state index is 0.312. The van der Waals surface area contributed by atoms with Crippen LogP contribution in [0.5, 0.6) is 0 Å². The highest BCUT2D eigenvalue weighted by Gasteiger charge is 2.52. The van der Waals surface area contributed by atoms with Crippen LogP contribution in [-0.2, 0) is 4.74 Å². The van der Waals surface area contributed by atoms with E-state index in [1.807, 2.05) is 7.11 Å². The molecule has 0 spiro atoms. The van der Waals surface area contributed by atoms with Crippen molar-refractivity contribution in [1.29, 1.82) is 0 Å². The standard InChI is InChI=1S/C15H31NO/c1-7-16(8-2)11-15(12-17-6,13-9-10-13)14(3,4)5/h13H,7-12H2,1-6H3. The van der Waals surface area contributed by atoms with E-state index in [0.717, 1.165) is 25.6 Å². The highest BCUT2D eigenvalue weighted by molar-refractivity contribution is 5.02. The van der Waals surface area contributed by atoms with Gasteiger partial charge in [0, 0.05) is 19.1 Å². The maximum Gasteiger partial charge on any atom is 0.0538 e. The van der Waals surface area contributed by atoms with Crippen molar-refractivity contribution in [3.63, 3.8) is 0 Å². The highest BCUT2D eigenvalue weighted by Crippen LogP contribution is 2.55. The molecule has 0 bridgehead atoms. The van der Waals surface area contributed by atoms with Gasteiger partial charge in [0.15, 0.2) is 0 Å². The van der Waals surface area contributed by atoms with Gasteiger partial charge in [0.1, 0.15) is 0 Å². The van der Waals surface area contributed by atoms with Gasteiger partial charge in [-0.1, -0.05) is 34.6 Å². The first-order valence-corrected chi connectivity index (χ1v) is 7.12. The Kier molecular flexibility index (Phi) is 5.03. The van der Waals surface area contributed by atoms with Gasteiger partial charge in [-0.25, -0.2) is 0 Å². The molecule has 102 valence electrons. The van der Waals surface area contributed by atoms with Gasteiger partial charge in [-0.3, -0.25) is 0 Å². The Bertz CT molecular complexity index is 226. The molecule has 1 rings (SSSR count). The summed E-state index contributed by atoms with van der Waals surface area (Å²) in [4.78, 5) is 2.56. The summed E-state index contributed by atoms with van der Waals surface area (Å²) in [6.45, 7) is 16.0. The summed E-state index contributed by atoms with van der Waals surface area (Å²) in [5, 5.41) is 0. The fourth-order valence-electron chi connectivity index (χ4n) is 3.10. The highest BCUT2D eigenvalue weighted by atomic mass is 16.5. The van der Waals surface area contributed by atoms with Crippen molar-refractivity contribution in [3.8, 4) is 0 Å². The van der Waals surface area contributed by atoms with E-state index in [0.29, 0.717) is 10.8 Å². The summed E-state index contributed by atoms with van der Waals surface area (Å²) in [7, 11) is 1.85. The minimum absolute atomic E-state index is 0.312. The Morgan fingerprint density at radius 1 is 1.12 bits per heavy atom. The van der Waals surface area contributed by atoms with Gasteiger partial charge in [-0.15, -0.1) is 0 Å². The fraction of sp³-hybridized carbons (Fsp3) is 1.00. The molecule has 1 aliphatic carbocycles. The second-order valence-electron chi connectivity index (χ2n) is 6.57. The number of hydrogen-bond donors (Lipinski definition) is 0. The second-order valence-corrected chi connectivity index (χ2v) is 6.57. The number of hydrogen-bond acceptors (Lipinski definition) is 2. The molecular formula is C15H31NO. The van der Waals surface area contributed by atoms with E-state index in [1.54, 1.807) is 0 Å². The quantitative estimate of drug-likeness (QED) is 0.677.